The molecule has 0 aliphatic heterocycles. The van der Waals surface area contributed by atoms with Crippen molar-refractivity contribution < 1.29 is 0 Å². The van der Waals surface area contributed by atoms with Gasteiger partial charge in [-0.15, -0.1) is 0 Å². The smallest absolute Gasteiger partial charge is 0.0346 e. The fraction of sp³-hybridized carbons (Fsp3) is 0.294. The Hall–Kier alpha value is -1.80. The molecule has 0 aromatic heterocycles. The molecule has 0 aliphatic carbocycles. The molecule has 2 rings (SSSR count). The van der Waals surface area contributed by atoms with E-state index in [1.54, 1.807) is 0 Å². The maximum absolute atomic E-state index is 5.95. The van der Waals surface area contributed by atoms with Gasteiger partial charge in [-0.3, -0.25) is 0 Å². The fourth-order valence-electron chi connectivity index (χ4n) is 2.28. The van der Waals surface area contributed by atoms with Gasteiger partial charge in [0.1, 0.15) is 0 Å². The van der Waals surface area contributed by atoms with Crippen LogP contribution in [0.15, 0.2) is 54.6 Å². The maximum Gasteiger partial charge on any atom is 0.0346 e. The number of anilines is 1. The molecule has 0 saturated heterocycles. The molecule has 2 aromatic carbocycles. The zero-order valence-electron chi connectivity index (χ0n) is 11.5. The highest BCUT2D eigenvalue weighted by atomic mass is 15.1. The van der Waals surface area contributed by atoms with Crippen LogP contribution in [0.1, 0.15) is 17.5 Å². The van der Waals surface area contributed by atoms with Gasteiger partial charge in [-0.1, -0.05) is 48.5 Å². The van der Waals surface area contributed by atoms with Crippen LogP contribution < -0.4 is 5.73 Å². The topological polar surface area (TPSA) is 29.3 Å². The Bertz CT molecular complexity index is 494. The van der Waals surface area contributed by atoms with Crippen LogP contribution in [-0.2, 0) is 13.0 Å². The molecule has 0 aliphatic rings. The molecule has 100 valence electrons. The molecule has 0 amide bonds. The van der Waals surface area contributed by atoms with Crippen LogP contribution in [0.4, 0.5) is 5.69 Å². The average molecular weight is 254 g/mol. The Labute approximate surface area is 115 Å². The van der Waals surface area contributed by atoms with Gasteiger partial charge in [0.05, 0.1) is 0 Å². The molecule has 0 bridgehead atoms. The van der Waals surface area contributed by atoms with Gasteiger partial charge in [0.25, 0.3) is 0 Å². The molecule has 0 heterocycles. The Morgan fingerprint density at radius 3 is 2.37 bits per heavy atom. The van der Waals surface area contributed by atoms with Crippen molar-refractivity contribution in [2.45, 2.75) is 19.4 Å². The molecule has 2 nitrogen and oxygen atoms in total. The molecule has 0 atom stereocenters. The monoisotopic (exact) mass is 254 g/mol. The lowest BCUT2D eigenvalue weighted by molar-refractivity contribution is 0.322. The summed E-state index contributed by atoms with van der Waals surface area (Å²) in [5.74, 6) is 0. The third-order valence-corrected chi connectivity index (χ3v) is 3.34. The van der Waals surface area contributed by atoms with Crippen molar-refractivity contribution in [2.75, 3.05) is 19.3 Å². The first-order valence-electron chi connectivity index (χ1n) is 6.81. The maximum atomic E-state index is 5.95. The predicted molar refractivity (Wildman–Crippen MR) is 82.0 cm³/mol. The van der Waals surface area contributed by atoms with E-state index in [1.165, 1.54) is 11.1 Å². The lowest BCUT2D eigenvalue weighted by Crippen LogP contribution is -2.19. The number of hydrogen-bond acceptors (Lipinski definition) is 2. The molecular formula is C17H22N2. The highest BCUT2D eigenvalue weighted by Gasteiger charge is 2.02. The van der Waals surface area contributed by atoms with Crippen LogP contribution in [-0.4, -0.2) is 18.5 Å². The number of hydrogen-bond donors (Lipinski definition) is 1. The minimum absolute atomic E-state index is 0.910. The number of nitrogens with zero attached hydrogens (tertiary/aromatic N) is 1. The van der Waals surface area contributed by atoms with Gasteiger partial charge in [-0.05, 0) is 43.6 Å². The lowest BCUT2D eigenvalue weighted by atomic mass is 10.1. The summed E-state index contributed by atoms with van der Waals surface area (Å²) in [6.45, 7) is 2.09. The zero-order valence-corrected chi connectivity index (χ0v) is 11.5. The number of benzene rings is 2. The van der Waals surface area contributed by atoms with E-state index >= 15 is 0 Å². The largest absolute Gasteiger partial charge is 0.399 e. The molecule has 2 N–H and O–H groups in total. The van der Waals surface area contributed by atoms with Gasteiger partial charge in [0.2, 0.25) is 0 Å². The molecule has 0 saturated carbocycles. The second-order valence-electron chi connectivity index (χ2n) is 5.03. The summed E-state index contributed by atoms with van der Waals surface area (Å²) in [6.07, 6.45) is 2.18. The molecule has 0 unspecified atom stereocenters. The molecule has 0 fully saturated rings. The summed E-state index contributed by atoms with van der Waals surface area (Å²) >= 11 is 0. The average Bonchev–Trinajstić information content (AvgIpc) is 2.42. The number of para-hydroxylation sites is 1. The Morgan fingerprint density at radius 2 is 1.63 bits per heavy atom. The fourth-order valence-corrected chi connectivity index (χ4v) is 2.28. The summed E-state index contributed by atoms with van der Waals surface area (Å²) in [4.78, 5) is 2.36. The van der Waals surface area contributed by atoms with E-state index in [4.69, 9.17) is 5.73 Å². The summed E-state index contributed by atoms with van der Waals surface area (Å²) in [5.41, 5.74) is 9.48. The van der Waals surface area contributed by atoms with Crippen molar-refractivity contribution in [1.82, 2.24) is 4.90 Å². The van der Waals surface area contributed by atoms with E-state index in [0.717, 1.165) is 31.6 Å². The van der Waals surface area contributed by atoms with E-state index in [1.807, 2.05) is 12.1 Å². The van der Waals surface area contributed by atoms with Crippen LogP contribution in [0.25, 0.3) is 0 Å². The predicted octanol–water partition coefficient (Wildman–Crippen LogP) is 3.33. The van der Waals surface area contributed by atoms with Gasteiger partial charge in [0, 0.05) is 12.2 Å². The van der Waals surface area contributed by atoms with Crippen LogP contribution >= 0.6 is 0 Å². The first-order valence-corrected chi connectivity index (χ1v) is 6.81. The van der Waals surface area contributed by atoms with Crippen molar-refractivity contribution >= 4 is 5.69 Å². The van der Waals surface area contributed by atoms with Gasteiger partial charge >= 0.3 is 0 Å². The van der Waals surface area contributed by atoms with Crippen molar-refractivity contribution in [2.24, 2.45) is 0 Å². The lowest BCUT2D eigenvalue weighted by Gasteiger charge is -2.16. The Kier molecular flexibility index (Phi) is 4.99. The first kappa shape index (κ1) is 13.6. The van der Waals surface area contributed by atoms with Gasteiger partial charge in [-0.25, -0.2) is 0 Å². The number of nitrogens with two attached hydrogens (primary N) is 1. The first-order chi connectivity index (χ1) is 9.25. The van der Waals surface area contributed by atoms with Crippen LogP contribution in [0.3, 0.4) is 0 Å². The standard InChI is InChI=1S/C17H22N2/c1-19(14-15-8-3-2-4-9-15)13-7-11-16-10-5-6-12-17(16)18/h2-6,8-10,12H,7,11,13-14,18H2,1H3. The Balaban J connectivity index is 1.75. The van der Waals surface area contributed by atoms with Crippen LogP contribution in [0, 0.1) is 0 Å². The number of nitrogen functional groups attached to an aromatic ring is 1. The minimum atomic E-state index is 0.910. The summed E-state index contributed by atoms with van der Waals surface area (Å²) in [5, 5.41) is 0. The quantitative estimate of drug-likeness (QED) is 0.801. The Morgan fingerprint density at radius 1 is 0.947 bits per heavy atom. The van der Waals surface area contributed by atoms with Crippen molar-refractivity contribution in [3.05, 3.63) is 65.7 Å². The van der Waals surface area contributed by atoms with Crippen LogP contribution in [0.2, 0.25) is 0 Å². The van der Waals surface area contributed by atoms with E-state index in [0.29, 0.717) is 0 Å². The van der Waals surface area contributed by atoms with Gasteiger partial charge in [-0.2, -0.15) is 0 Å². The summed E-state index contributed by atoms with van der Waals surface area (Å²) < 4.78 is 0. The van der Waals surface area contributed by atoms with Gasteiger partial charge < -0.3 is 10.6 Å². The van der Waals surface area contributed by atoms with Gasteiger partial charge in [0.15, 0.2) is 0 Å². The normalized spacial score (nSPS) is 10.8. The van der Waals surface area contributed by atoms with Crippen LogP contribution in [0.5, 0.6) is 0 Å². The van der Waals surface area contributed by atoms with Crippen molar-refractivity contribution in [1.29, 1.82) is 0 Å². The minimum Gasteiger partial charge on any atom is -0.399 e. The molecular weight excluding hydrogens is 232 g/mol. The third-order valence-electron chi connectivity index (χ3n) is 3.34. The number of rotatable bonds is 6. The van der Waals surface area contributed by atoms with E-state index in [-0.39, 0.29) is 0 Å². The second kappa shape index (κ2) is 6.95. The molecule has 0 spiro atoms. The summed E-state index contributed by atoms with van der Waals surface area (Å²) in [6, 6.07) is 18.7. The van der Waals surface area contributed by atoms with Crippen molar-refractivity contribution in [3.63, 3.8) is 0 Å². The van der Waals surface area contributed by atoms with Crippen molar-refractivity contribution in [3.8, 4) is 0 Å². The third kappa shape index (κ3) is 4.42. The van der Waals surface area contributed by atoms with E-state index in [2.05, 4.69) is 54.4 Å². The highest BCUT2D eigenvalue weighted by Crippen LogP contribution is 2.13. The molecule has 0 radical (unpaired) electrons. The van der Waals surface area contributed by atoms with E-state index < -0.39 is 0 Å². The molecule has 2 aromatic rings. The van der Waals surface area contributed by atoms with E-state index in [9.17, 15) is 0 Å². The SMILES string of the molecule is CN(CCCc1ccccc1N)Cc1ccccc1. The number of aryl methyl sites for hydroxylation is 1. The molecule has 19 heavy (non-hydrogen) atoms. The second-order valence-corrected chi connectivity index (χ2v) is 5.03. The zero-order chi connectivity index (χ0) is 13.5. The highest BCUT2D eigenvalue weighted by molar-refractivity contribution is 5.46. The summed E-state index contributed by atoms with van der Waals surface area (Å²) in [7, 11) is 2.17. The molecule has 2 heteroatoms.